The van der Waals surface area contributed by atoms with Gasteiger partial charge in [0.2, 0.25) is 0 Å². The van der Waals surface area contributed by atoms with Crippen LogP contribution in [0.4, 0.5) is 4.79 Å². The van der Waals surface area contributed by atoms with Crippen molar-refractivity contribution in [3.8, 4) is 5.75 Å². The van der Waals surface area contributed by atoms with Crippen LogP contribution in [0, 0.1) is 0 Å². The molecule has 3 aromatic carbocycles. The summed E-state index contributed by atoms with van der Waals surface area (Å²) in [7, 11) is 5.59. The summed E-state index contributed by atoms with van der Waals surface area (Å²) < 4.78 is 16.4. The first-order valence-corrected chi connectivity index (χ1v) is 13.1. The Hall–Kier alpha value is -4.76. The van der Waals surface area contributed by atoms with Gasteiger partial charge in [0.05, 0.1) is 33.0 Å². The summed E-state index contributed by atoms with van der Waals surface area (Å²) in [6.45, 7) is 0.693. The zero-order chi connectivity index (χ0) is 29.3. The number of benzene rings is 3. The summed E-state index contributed by atoms with van der Waals surface area (Å²) in [5, 5.41) is 0. The van der Waals surface area contributed by atoms with Gasteiger partial charge in [-0.15, -0.1) is 0 Å². The lowest BCUT2D eigenvalue weighted by Crippen LogP contribution is -2.65. The fourth-order valence-electron chi connectivity index (χ4n) is 5.64. The number of fused-ring (bicyclic) bond motifs is 2. The van der Waals surface area contributed by atoms with Gasteiger partial charge in [-0.3, -0.25) is 19.4 Å². The van der Waals surface area contributed by atoms with Gasteiger partial charge < -0.3 is 14.2 Å². The van der Waals surface area contributed by atoms with E-state index in [1.165, 1.54) is 21.2 Å². The molecule has 9 nitrogen and oxygen atoms in total. The summed E-state index contributed by atoms with van der Waals surface area (Å²) in [6.07, 6.45) is 0.366. The first kappa shape index (κ1) is 27.8. The molecule has 4 amide bonds. The average molecular weight is 555 g/mol. The molecule has 0 unspecified atom stereocenters. The molecule has 5 rings (SSSR count). The Morgan fingerprint density at radius 3 is 2.12 bits per heavy atom. The molecule has 1 saturated heterocycles. The van der Waals surface area contributed by atoms with E-state index in [4.69, 9.17) is 14.2 Å². The van der Waals surface area contributed by atoms with Crippen LogP contribution < -0.4 is 4.74 Å². The minimum Gasteiger partial charge on any atom is -0.497 e. The number of amides is 4. The van der Waals surface area contributed by atoms with Gasteiger partial charge in [0.15, 0.2) is 5.41 Å². The number of hydrogen-bond donors (Lipinski definition) is 0. The van der Waals surface area contributed by atoms with Gasteiger partial charge in [-0.2, -0.15) is 0 Å². The molecule has 1 fully saturated rings. The average Bonchev–Trinajstić information content (AvgIpc) is 3.30. The van der Waals surface area contributed by atoms with Crippen molar-refractivity contribution < 1.29 is 33.4 Å². The third-order valence-corrected chi connectivity index (χ3v) is 7.66. The molecule has 2 aliphatic rings. The van der Waals surface area contributed by atoms with E-state index in [2.05, 4.69) is 0 Å². The first-order valence-electron chi connectivity index (χ1n) is 13.1. The number of esters is 1. The van der Waals surface area contributed by atoms with Crippen LogP contribution in [0.5, 0.6) is 5.75 Å². The lowest BCUT2D eigenvalue weighted by atomic mass is 9.71. The van der Waals surface area contributed by atoms with E-state index in [1.807, 2.05) is 30.3 Å². The largest absolute Gasteiger partial charge is 0.497 e. The standard InChI is InChI=1S/C32H30N2O7/c1-33-29(36)32(30(37)34(2)31(33)38)26-15-14-23(39-3)18-25(26)24(16-17-41-19-20-8-6-5-7-9-20)27(32)21-10-12-22(13-11-21)28(35)40-4/h5-15,18H,16-17,19H2,1-4H3. The molecule has 210 valence electrons. The summed E-state index contributed by atoms with van der Waals surface area (Å²) in [5.74, 6) is -1.25. The van der Waals surface area contributed by atoms with Crippen molar-refractivity contribution in [2.75, 3.05) is 34.9 Å². The number of barbiturate groups is 1. The van der Waals surface area contributed by atoms with E-state index < -0.39 is 29.2 Å². The Labute approximate surface area is 237 Å². The molecule has 1 heterocycles. The number of carbonyl (C=O) groups excluding carboxylic acids is 4. The van der Waals surface area contributed by atoms with E-state index in [1.54, 1.807) is 49.6 Å². The Kier molecular flexibility index (Phi) is 7.47. The van der Waals surface area contributed by atoms with Gasteiger partial charge in [-0.1, -0.05) is 48.5 Å². The lowest BCUT2D eigenvalue weighted by molar-refractivity contribution is -0.147. The fourth-order valence-corrected chi connectivity index (χ4v) is 5.64. The molecule has 0 N–H and O–H groups in total. The second kappa shape index (κ2) is 11.0. The number of likely N-dealkylation sites (N-methyl/N-ethyl adjacent to an activating group) is 2. The van der Waals surface area contributed by atoms with Gasteiger partial charge in [0, 0.05) is 14.1 Å². The van der Waals surface area contributed by atoms with Crippen LogP contribution >= 0.6 is 0 Å². The number of hydrogen-bond acceptors (Lipinski definition) is 7. The van der Waals surface area contributed by atoms with Crippen molar-refractivity contribution in [2.24, 2.45) is 0 Å². The highest BCUT2D eigenvalue weighted by Gasteiger charge is 2.63. The molecule has 0 atom stereocenters. The van der Waals surface area contributed by atoms with Crippen molar-refractivity contribution in [3.63, 3.8) is 0 Å². The van der Waals surface area contributed by atoms with Crippen molar-refractivity contribution in [2.45, 2.75) is 18.4 Å². The van der Waals surface area contributed by atoms with Crippen molar-refractivity contribution >= 4 is 35.0 Å². The number of methoxy groups -OCH3 is 2. The molecular weight excluding hydrogens is 524 g/mol. The molecule has 0 radical (unpaired) electrons. The highest BCUT2D eigenvalue weighted by molar-refractivity contribution is 6.34. The highest BCUT2D eigenvalue weighted by atomic mass is 16.5. The number of carbonyl (C=O) groups is 4. The molecule has 41 heavy (non-hydrogen) atoms. The Balaban J connectivity index is 1.69. The number of imide groups is 2. The first-order chi connectivity index (χ1) is 19.7. The van der Waals surface area contributed by atoms with Crippen LogP contribution in [0.1, 0.15) is 39.0 Å². The van der Waals surface area contributed by atoms with Crippen LogP contribution in [0.3, 0.4) is 0 Å². The molecule has 1 spiro atoms. The molecule has 0 saturated carbocycles. The smallest absolute Gasteiger partial charge is 0.337 e. The van der Waals surface area contributed by atoms with E-state index in [0.29, 0.717) is 53.2 Å². The molecule has 0 bridgehead atoms. The van der Waals surface area contributed by atoms with Crippen LogP contribution in [-0.2, 0) is 31.1 Å². The molecule has 1 aliphatic heterocycles. The maximum atomic E-state index is 14.2. The Morgan fingerprint density at radius 1 is 0.854 bits per heavy atom. The van der Waals surface area contributed by atoms with Gasteiger partial charge in [0.1, 0.15) is 5.75 Å². The second-order valence-electron chi connectivity index (χ2n) is 9.88. The Morgan fingerprint density at radius 2 is 1.51 bits per heavy atom. The van der Waals surface area contributed by atoms with E-state index in [9.17, 15) is 19.2 Å². The predicted octanol–water partition coefficient (Wildman–Crippen LogP) is 4.30. The summed E-state index contributed by atoms with van der Waals surface area (Å²) in [5.41, 5.74) is 2.37. The molecule has 3 aromatic rings. The van der Waals surface area contributed by atoms with Gasteiger partial charge in [-0.25, -0.2) is 9.59 Å². The van der Waals surface area contributed by atoms with Gasteiger partial charge in [-0.05, 0) is 64.1 Å². The lowest BCUT2D eigenvalue weighted by Gasteiger charge is -2.41. The van der Waals surface area contributed by atoms with Crippen LogP contribution in [0.2, 0.25) is 0 Å². The maximum Gasteiger partial charge on any atom is 0.337 e. The quantitative estimate of drug-likeness (QED) is 0.232. The van der Waals surface area contributed by atoms with Crippen LogP contribution in [0.25, 0.3) is 11.1 Å². The van der Waals surface area contributed by atoms with Crippen LogP contribution in [-0.4, -0.2) is 68.5 Å². The Bertz CT molecular complexity index is 1540. The SMILES string of the molecule is COC(=O)c1ccc(C2=C(CCOCc3ccccc3)c3cc(OC)ccc3C23C(=O)N(C)C(=O)N(C)C3=O)cc1. The fraction of sp³-hybridized carbons (Fsp3) is 0.250. The zero-order valence-corrected chi connectivity index (χ0v) is 23.3. The molecule has 0 aromatic heterocycles. The van der Waals surface area contributed by atoms with Gasteiger partial charge in [0.25, 0.3) is 11.8 Å². The van der Waals surface area contributed by atoms with Crippen molar-refractivity contribution in [1.29, 1.82) is 0 Å². The van der Waals surface area contributed by atoms with E-state index in [0.717, 1.165) is 20.9 Å². The van der Waals surface area contributed by atoms with Crippen LogP contribution in [0.15, 0.2) is 72.8 Å². The number of nitrogens with zero attached hydrogens (tertiary/aromatic N) is 2. The zero-order valence-electron chi connectivity index (χ0n) is 23.3. The topological polar surface area (TPSA) is 102 Å². The number of ether oxygens (including phenoxy) is 3. The second-order valence-corrected chi connectivity index (χ2v) is 9.88. The third kappa shape index (κ3) is 4.48. The van der Waals surface area contributed by atoms with Gasteiger partial charge >= 0.3 is 12.0 Å². The monoisotopic (exact) mass is 554 g/mol. The number of urea groups is 1. The van der Waals surface area contributed by atoms with E-state index >= 15 is 0 Å². The van der Waals surface area contributed by atoms with Crippen molar-refractivity contribution in [1.82, 2.24) is 9.80 Å². The minimum absolute atomic E-state index is 0.299. The molecule has 9 heteroatoms. The highest BCUT2D eigenvalue weighted by Crippen LogP contribution is 2.55. The number of rotatable bonds is 8. The molecular formula is C32H30N2O7. The third-order valence-electron chi connectivity index (χ3n) is 7.66. The van der Waals surface area contributed by atoms with Crippen molar-refractivity contribution in [3.05, 3.63) is 101 Å². The minimum atomic E-state index is -1.82. The summed E-state index contributed by atoms with van der Waals surface area (Å²) in [4.78, 5) is 55.3. The maximum absolute atomic E-state index is 14.2. The van der Waals surface area contributed by atoms with E-state index in [-0.39, 0.29) is 0 Å². The normalized spacial score (nSPS) is 16.0. The predicted molar refractivity (Wildman–Crippen MR) is 151 cm³/mol. The summed E-state index contributed by atoms with van der Waals surface area (Å²) in [6, 6.07) is 20.8. The molecule has 1 aliphatic carbocycles. The summed E-state index contributed by atoms with van der Waals surface area (Å²) >= 11 is 0.